The molecule has 0 unspecified atom stereocenters. The number of rotatable bonds is 5. The molecule has 0 aliphatic carbocycles. The second-order valence-electron chi connectivity index (χ2n) is 3.96. The number of carboxylic acids is 1. The zero-order chi connectivity index (χ0) is 13.0. The van der Waals surface area contributed by atoms with Gasteiger partial charge in [0.2, 0.25) is 0 Å². The van der Waals surface area contributed by atoms with Crippen LogP contribution >= 0.6 is 0 Å². The maximum absolute atomic E-state index is 10.5. The standard InChI is InChI=1S/C12H14N4O2/c13-10-5-3-9(4-6-10)11-8-14-15-16(11)7-1-2-12(17)18/h3-6,8H,1-2,7,13H2,(H,17,18). The highest BCUT2D eigenvalue weighted by Gasteiger charge is 2.07. The van der Waals surface area contributed by atoms with Crippen molar-refractivity contribution >= 4 is 11.7 Å². The quantitative estimate of drug-likeness (QED) is 0.777. The van der Waals surface area contributed by atoms with E-state index in [1.165, 1.54) is 0 Å². The maximum Gasteiger partial charge on any atom is 0.303 e. The van der Waals surface area contributed by atoms with E-state index in [2.05, 4.69) is 10.3 Å². The lowest BCUT2D eigenvalue weighted by atomic mass is 10.1. The molecule has 0 aliphatic heterocycles. The van der Waals surface area contributed by atoms with Gasteiger partial charge in [0.05, 0.1) is 11.9 Å². The fraction of sp³-hybridized carbons (Fsp3) is 0.250. The van der Waals surface area contributed by atoms with Crippen molar-refractivity contribution in [2.24, 2.45) is 0 Å². The molecule has 2 aromatic rings. The van der Waals surface area contributed by atoms with E-state index in [4.69, 9.17) is 10.8 Å². The molecule has 0 atom stereocenters. The van der Waals surface area contributed by atoms with Crippen LogP contribution in [0.15, 0.2) is 30.5 Å². The van der Waals surface area contributed by atoms with Crippen LogP contribution in [0.25, 0.3) is 11.3 Å². The van der Waals surface area contributed by atoms with E-state index in [1.807, 2.05) is 24.3 Å². The van der Waals surface area contributed by atoms with Gasteiger partial charge >= 0.3 is 5.97 Å². The molecule has 1 heterocycles. The molecule has 6 heteroatoms. The fourth-order valence-corrected chi connectivity index (χ4v) is 1.68. The number of carbonyl (C=O) groups is 1. The first-order valence-corrected chi connectivity index (χ1v) is 5.63. The van der Waals surface area contributed by atoms with E-state index in [0.717, 1.165) is 11.3 Å². The lowest BCUT2D eigenvalue weighted by Crippen LogP contribution is -2.05. The Bertz CT molecular complexity index is 533. The number of anilines is 1. The predicted molar refractivity (Wildman–Crippen MR) is 66.7 cm³/mol. The molecule has 6 nitrogen and oxygen atoms in total. The van der Waals surface area contributed by atoms with Crippen molar-refractivity contribution in [1.29, 1.82) is 0 Å². The van der Waals surface area contributed by atoms with Crippen molar-refractivity contribution in [3.05, 3.63) is 30.5 Å². The summed E-state index contributed by atoms with van der Waals surface area (Å²) in [4.78, 5) is 10.5. The van der Waals surface area contributed by atoms with Gasteiger partial charge in [0, 0.05) is 24.2 Å². The molecule has 0 saturated carbocycles. The number of carboxylic acid groups (broad SMARTS) is 1. The second kappa shape index (κ2) is 5.31. The second-order valence-corrected chi connectivity index (χ2v) is 3.96. The van der Waals surface area contributed by atoms with Crippen molar-refractivity contribution in [3.8, 4) is 11.3 Å². The number of hydrogen-bond donors (Lipinski definition) is 2. The maximum atomic E-state index is 10.5. The highest BCUT2D eigenvalue weighted by molar-refractivity contribution is 5.66. The van der Waals surface area contributed by atoms with Gasteiger partial charge in [-0.25, -0.2) is 4.68 Å². The molecule has 0 saturated heterocycles. The lowest BCUT2D eigenvalue weighted by molar-refractivity contribution is -0.137. The van der Waals surface area contributed by atoms with E-state index in [-0.39, 0.29) is 6.42 Å². The van der Waals surface area contributed by atoms with Gasteiger partial charge in [-0.15, -0.1) is 5.10 Å². The van der Waals surface area contributed by atoms with E-state index < -0.39 is 5.97 Å². The third-order valence-electron chi connectivity index (χ3n) is 2.58. The van der Waals surface area contributed by atoms with Gasteiger partial charge in [-0.2, -0.15) is 0 Å². The molecule has 3 N–H and O–H groups in total. The molecule has 1 aromatic carbocycles. The minimum Gasteiger partial charge on any atom is -0.481 e. The van der Waals surface area contributed by atoms with Crippen LogP contribution in [0.1, 0.15) is 12.8 Å². The summed E-state index contributed by atoms with van der Waals surface area (Å²) in [5.74, 6) is -0.802. The topological polar surface area (TPSA) is 94.0 Å². The monoisotopic (exact) mass is 246 g/mol. The zero-order valence-corrected chi connectivity index (χ0v) is 9.78. The summed E-state index contributed by atoms with van der Waals surface area (Å²) >= 11 is 0. The van der Waals surface area contributed by atoms with Crippen LogP contribution in [-0.4, -0.2) is 26.1 Å². The summed E-state index contributed by atoms with van der Waals surface area (Å²) in [5.41, 5.74) is 8.15. The fourth-order valence-electron chi connectivity index (χ4n) is 1.68. The Labute approximate surface area is 104 Å². The Kier molecular flexibility index (Phi) is 3.57. The molecular formula is C12H14N4O2. The number of benzene rings is 1. The van der Waals surface area contributed by atoms with Crippen molar-refractivity contribution in [1.82, 2.24) is 15.0 Å². The van der Waals surface area contributed by atoms with E-state index in [1.54, 1.807) is 10.9 Å². The van der Waals surface area contributed by atoms with Crippen LogP contribution in [0.5, 0.6) is 0 Å². The molecule has 0 bridgehead atoms. The predicted octanol–water partition coefficient (Wildman–Crippen LogP) is 1.39. The summed E-state index contributed by atoms with van der Waals surface area (Å²) in [6.45, 7) is 0.534. The van der Waals surface area contributed by atoms with E-state index >= 15 is 0 Å². The third kappa shape index (κ3) is 2.85. The summed E-state index contributed by atoms with van der Waals surface area (Å²) < 4.78 is 1.70. The summed E-state index contributed by atoms with van der Waals surface area (Å²) in [6, 6.07) is 7.40. The van der Waals surface area contributed by atoms with Crippen molar-refractivity contribution < 1.29 is 9.90 Å². The highest BCUT2D eigenvalue weighted by Crippen LogP contribution is 2.19. The highest BCUT2D eigenvalue weighted by atomic mass is 16.4. The smallest absolute Gasteiger partial charge is 0.303 e. The molecular weight excluding hydrogens is 232 g/mol. The summed E-state index contributed by atoms with van der Waals surface area (Å²) in [5, 5.41) is 16.4. The molecule has 0 fully saturated rings. The Balaban J connectivity index is 2.12. The average Bonchev–Trinajstić information content (AvgIpc) is 2.78. The number of aliphatic carboxylic acids is 1. The van der Waals surface area contributed by atoms with Gasteiger partial charge in [0.1, 0.15) is 0 Å². The first kappa shape index (κ1) is 12.1. The van der Waals surface area contributed by atoms with Crippen LogP contribution < -0.4 is 5.73 Å². The van der Waals surface area contributed by atoms with Crippen molar-refractivity contribution in [2.45, 2.75) is 19.4 Å². The Morgan fingerprint density at radius 3 is 2.72 bits per heavy atom. The van der Waals surface area contributed by atoms with Gasteiger partial charge in [-0.05, 0) is 18.6 Å². The number of aromatic nitrogens is 3. The third-order valence-corrected chi connectivity index (χ3v) is 2.58. The molecule has 0 amide bonds. The number of aryl methyl sites for hydroxylation is 1. The Morgan fingerprint density at radius 1 is 1.33 bits per heavy atom. The van der Waals surface area contributed by atoms with Gasteiger partial charge in [-0.1, -0.05) is 17.3 Å². The lowest BCUT2D eigenvalue weighted by Gasteiger charge is -2.05. The van der Waals surface area contributed by atoms with E-state index in [9.17, 15) is 4.79 Å². The first-order valence-electron chi connectivity index (χ1n) is 5.63. The van der Waals surface area contributed by atoms with Crippen LogP contribution in [0.2, 0.25) is 0 Å². The number of nitrogens with two attached hydrogens (primary N) is 1. The largest absolute Gasteiger partial charge is 0.481 e. The minimum atomic E-state index is -0.802. The molecule has 1 aromatic heterocycles. The van der Waals surface area contributed by atoms with Crippen molar-refractivity contribution in [3.63, 3.8) is 0 Å². The zero-order valence-electron chi connectivity index (χ0n) is 9.78. The van der Waals surface area contributed by atoms with Gasteiger partial charge < -0.3 is 10.8 Å². The van der Waals surface area contributed by atoms with Crippen LogP contribution in [0, 0.1) is 0 Å². The molecule has 0 radical (unpaired) electrons. The normalized spacial score (nSPS) is 10.4. The Morgan fingerprint density at radius 2 is 2.06 bits per heavy atom. The van der Waals surface area contributed by atoms with Gasteiger partial charge in [0.15, 0.2) is 0 Å². The SMILES string of the molecule is Nc1ccc(-c2cnnn2CCCC(=O)O)cc1. The number of nitrogen functional groups attached to an aromatic ring is 1. The number of hydrogen-bond acceptors (Lipinski definition) is 4. The first-order chi connectivity index (χ1) is 8.66. The van der Waals surface area contributed by atoms with E-state index in [0.29, 0.717) is 18.7 Å². The Hall–Kier alpha value is -2.37. The van der Waals surface area contributed by atoms with Crippen LogP contribution in [0.4, 0.5) is 5.69 Å². The molecule has 0 aliphatic rings. The summed E-state index contributed by atoms with van der Waals surface area (Å²) in [6.07, 6.45) is 2.31. The van der Waals surface area contributed by atoms with Crippen LogP contribution in [0.3, 0.4) is 0 Å². The number of nitrogens with zero attached hydrogens (tertiary/aromatic N) is 3. The minimum absolute atomic E-state index is 0.126. The van der Waals surface area contributed by atoms with Gasteiger partial charge in [-0.3, -0.25) is 4.79 Å². The molecule has 2 rings (SSSR count). The van der Waals surface area contributed by atoms with Gasteiger partial charge in [0.25, 0.3) is 0 Å². The summed E-state index contributed by atoms with van der Waals surface area (Å²) in [7, 11) is 0. The van der Waals surface area contributed by atoms with Crippen molar-refractivity contribution in [2.75, 3.05) is 5.73 Å². The molecule has 94 valence electrons. The van der Waals surface area contributed by atoms with Crippen LogP contribution in [-0.2, 0) is 11.3 Å². The molecule has 0 spiro atoms. The molecule has 18 heavy (non-hydrogen) atoms. The average molecular weight is 246 g/mol.